The van der Waals surface area contributed by atoms with Crippen molar-refractivity contribution in [3.63, 3.8) is 0 Å². The average molecular weight is 706 g/mol. The smallest absolute Gasteiger partial charge is 0.319 e. The van der Waals surface area contributed by atoms with Gasteiger partial charge in [-0.25, -0.2) is 9.18 Å². The lowest BCUT2D eigenvalue weighted by Crippen LogP contribution is -2.59. The second-order valence-corrected chi connectivity index (χ2v) is 13.7. The van der Waals surface area contributed by atoms with Crippen LogP contribution in [0.5, 0.6) is 5.75 Å². The highest BCUT2D eigenvalue weighted by Gasteiger charge is 2.63. The molecule has 1 aliphatic carbocycles. The van der Waals surface area contributed by atoms with Crippen LogP contribution in [0.1, 0.15) is 42.9 Å². The molecule has 2 N–H and O–H groups in total. The van der Waals surface area contributed by atoms with Gasteiger partial charge in [0, 0.05) is 62.2 Å². The molecule has 2 saturated heterocycles. The second-order valence-electron chi connectivity index (χ2n) is 11.9. The van der Waals surface area contributed by atoms with Crippen LogP contribution in [0.3, 0.4) is 0 Å². The van der Waals surface area contributed by atoms with Crippen LogP contribution in [-0.4, -0.2) is 60.9 Å². The lowest BCUT2D eigenvalue weighted by atomic mass is 9.57. The summed E-state index contributed by atoms with van der Waals surface area (Å²) in [7, 11) is 3.42. The van der Waals surface area contributed by atoms with E-state index in [9.17, 15) is 14.4 Å². The van der Waals surface area contributed by atoms with Gasteiger partial charge >= 0.3 is 6.03 Å². The highest BCUT2D eigenvalue weighted by Crippen LogP contribution is 2.59. The number of nitrogens with one attached hydrogen (secondary N) is 2. The number of hydrogen-bond donors (Lipinski definition) is 2. The van der Waals surface area contributed by atoms with Gasteiger partial charge in [-0.05, 0) is 70.1 Å². The van der Waals surface area contributed by atoms with Gasteiger partial charge in [-0.1, -0.05) is 41.4 Å². The van der Waals surface area contributed by atoms with Crippen LogP contribution in [0.4, 0.5) is 14.9 Å². The van der Waals surface area contributed by atoms with Crippen LogP contribution < -0.4 is 15.4 Å². The number of piperidine rings is 2. The number of ether oxygens (including phenoxy) is 1. The van der Waals surface area contributed by atoms with Crippen molar-refractivity contribution in [2.75, 3.05) is 32.5 Å². The number of benzene rings is 2. The summed E-state index contributed by atoms with van der Waals surface area (Å²) in [4.78, 5) is 43.7. The summed E-state index contributed by atoms with van der Waals surface area (Å²) in [5.41, 5.74) is -0.172. The van der Waals surface area contributed by atoms with E-state index in [1.54, 1.807) is 55.4 Å². The van der Waals surface area contributed by atoms with E-state index < -0.39 is 23.2 Å². The van der Waals surface area contributed by atoms with E-state index in [0.717, 1.165) is 0 Å². The van der Waals surface area contributed by atoms with Crippen LogP contribution in [0.25, 0.3) is 0 Å². The molecule has 232 valence electrons. The molecule has 2 unspecified atom stereocenters. The third kappa shape index (κ3) is 5.28. The Morgan fingerprint density at radius 2 is 1.89 bits per heavy atom. The molecular weight excluding hydrogens is 674 g/mol. The molecule has 4 atom stereocenters. The molecule has 0 radical (unpaired) electrons. The van der Waals surface area contributed by atoms with E-state index in [1.165, 1.54) is 4.90 Å². The molecule has 0 bridgehead atoms. The summed E-state index contributed by atoms with van der Waals surface area (Å²) in [6.07, 6.45) is 6.85. The van der Waals surface area contributed by atoms with Crippen molar-refractivity contribution in [1.82, 2.24) is 15.1 Å². The number of rotatable bonds is 4. The number of fused-ring (bicyclic) bond motifs is 2. The van der Waals surface area contributed by atoms with Crippen molar-refractivity contribution in [2.24, 2.45) is 11.8 Å². The van der Waals surface area contributed by atoms with E-state index in [1.807, 2.05) is 12.2 Å². The largest absolute Gasteiger partial charge is 0.490 e. The number of allylic oxidation sites excluding steroid dienone is 4. The molecule has 2 aromatic rings. The van der Waals surface area contributed by atoms with E-state index in [2.05, 4.69) is 26.6 Å². The zero-order chi connectivity index (χ0) is 31.3. The Labute approximate surface area is 273 Å². The molecule has 3 heterocycles. The van der Waals surface area contributed by atoms with Crippen LogP contribution in [-0.2, 0) is 15.0 Å². The van der Waals surface area contributed by atoms with E-state index in [-0.39, 0.29) is 52.1 Å². The van der Waals surface area contributed by atoms with Gasteiger partial charge < -0.3 is 25.2 Å². The Morgan fingerprint density at radius 1 is 1.14 bits per heavy atom. The Morgan fingerprint density at radius 3 is 2.59 bits per heavy atom. The van der Waals surface area contributed by atoms with Crippen LogP contribution in [0, 0.1) is 17.7 Å². The number of carbonyl (C=O) groups is 3. The molecule has 44 heavy (non-hydrogen) atoms. The van der Waals surface area contributed by atoms with E-state index in [0.29, 0.717) is 53.7 Å². The highest BCUT2D eigenvalue weighted by molar-refractivity contribution is 9.10. The number of amides is 4. The molecule has 1 spiro atoms. The maximum absolute atomic E-state index is 16.5. The number of hydrogen-bond acceptors (Lipinski definition) is 4. The minimum absolute atomic E-state index is 0.0370. The zero-order valence-corrected chi connectivity index (χ0v) is 27.3. The maximum Gasteiger partial charge on any atom is 0.319 e. The molecule has 3 aliphatic heterocycles. The third-order valence-electron chi connectivity index (χ3n) is 9.15. The Balaban J connectivity index is 1.46. The lowest BCUT2D eigenvalue weighted by Gasteiger charge is -2.49. The highest BCUT2D eigenvalue weighted by atomic mass is 79.9. The fourth-order valence-corrected chi connectivity index (χ4v) is 7.94. The third-order valence-corrected chi connectivity index (χ3v) is 10.3. The summed E-state index contributed by atoms with van der Waals surface area (Å²) >= 11 is 16.1. The lowest BCUT2D eigenvalue weighted by molar-refractivity contribution is -0.135. The molecule has 4 aliphatic rings. The van der Waals surface area contributed by atoms with Gasteiger partial charge in [0.15, 0.2) is 0 Å². The fourth-order valence-electron chi connectivity index (χ4n) is 7.17. The first kappa shape index (κ1) is 30.9. The van der Waals surface area contributed by atoms with Gasteiger partial charge in [0.2, 0.25) is 11.8 Å². The predicted octanol–water partition coefficient (Wildman–Crippen LogP) is 6.53. The fraction of sp³-hybridized carbons (Fsp3) is 0.406. The molecular formula is C32H32BrCl2FN4O4. The van der Waals surface area contributed by atoms with Gasteiger partial charge in [0.25, 0.3) is 0 Å². The number of urea groups is 1. The summed E-state index contributed by atoms with van der Waals surface area (Å²) in [6, 6.07) is 7.20. The van der Waals surface area contributed by atoms with Crippen molar-refractivity contribution < 1.29 is 23.5 Å². The molecule has 4 amide bonds. The standard InChI is InChI=1S/C32H32BrCl2FN4O4/c1-39(2)31(43)40-12-10-20(11-13-40)44-25-9-8-23(33)28(36)27(25)29-32(21-7-6-19(35)15-24(21)37-30(32)42)22(16-26(41)38-29)17-4-3-5-18(34)14-17/h3-9,15,17,20,22,29H,10-14,16H2,1-2H3,(H,37,42)(H,38,41)/t17?,22-,29?,32-/m0/s1. The van der Waals surface area contributed by atoms with Crippen molar-refractivity contribution in [1.29, 1.82) is 0 Å². The van der Waals surface area contributed by atoms with Crippen molar-refractivity contribution in [3.05, 3.63) is 80.0 Å². The van der Waals surface area contributed by atoms with E-state index in [4.69, 9.17) is 27.9 Å². The zero-order valence-electron chi connectivity index (χ0n) is 24.2. The van der Waals surface area contributed by atoms with Crippen LogP contribution >= 0.6 is 39.1 Å². The number of likely N-dealkylation sites (tertiary alicyclic amines) is 1. The first-order chi connectivity index (χ1) is 21.0. The Kier molecular flexibility index (Phi) is 8.45. The minimum atomic E-state index is -1.40. The van der Waals surface area contributed by atoms with Crippen molar-refractivity contribution >= 4 is 62.7 Å². The summed E-state index contributed by atoms with van der Waals surface area (Å²) in [6.45, 7) is 0.974. The summed E-state index contributed by atoms with van der Waals surface area (Å²) < 4.78 is 23.1. The maximum atomic E-state index is 16.5. The molecule has 6 rings (SSSR count). The number of carbonyl (C=O) groups excluding carboxylic acids is 3. The first-order valence-electron chi connectivity index (χ1n) is 14.5. The molecule has 2 fully saturated rings. The Bertz CT molecular complexity index is 1590. The average Bonchev–Trinajstić information content (AvgIpc) is 3.27. The number of halogens is 4. The normalized spacial score (nSPS) is 26.6. The summed E-state index contributed by atoms with van der Waals surface area (Å²) in [5.74, 6) is -1.88. The number of anilines is 1. The quantitative estimate of drug-likeness (QED) is 0.379. The minimum Gasteiger partial charge on any atom is -0.490 e. The number of nitrogens with zero attached hydrogens (tertiary/aromatic N) is 2. The monoisotopic (exact) mass is 704 g/mol. The van der Waals surface area contributed by atoms with Gasteiger partial charge in [0.1, 0.15) is 23.1 Å². The first-order valence-corrected chi connectivity index (χ1v) is 16.1. The second kappa shape index (κ2) is 12.0. The SMILES string of the molecule is CN(C)C(=O)N1CCC(Oc2ccc(Br)c(F)c2C2NC(=O)C[C@@H](C3C=CC=C(Cl)C3)[C@]23C(=O)Nc2cc(Cl)ccc23)CC1. The van der Waals surface area contributed by atoms with Crippen molar-refractivity contribution in [2.45, 2.75) is 43.2 Å². The molecule has 12 heteroatoms. The van der Waals surface area contributed by atoms with E-state index >= 15 is 4.39 Å². The van der Waals surface area contributed by atoms with Gasteiger partial charge in [-0.3, -0.25) is 9.59 Å². The van der Waals surface area contributed by atoms with Crippen molar-refractivity contribution in [3.8, 4) is 5.75 Å². The van der Waals surface area contributed by atoms with Gasteiger partial charge in [0.05, 0.1) is 16.1 Å². The van der Waals surface area contributed by atoms with Gasteiger partial charge in [-0.15, -0.1) is 0 Å². The Hall–Kier alpha value is -3.08. The molecule has 0 saturated carbocycles. The topological polar surface area (TPSA) is 91.0 Å². The van der Waals surface area contributed by atoms with Crippen LogP contribution in [0.2, 0.25) is 5.02 Å². The predicted molar refractivity (Wildman–Crippen MR) is 170 cm³/mol. The van der Waals surface area contributed by atoms with Gasteiger partial charge in [-0.2, -0.15) is 0 Å². The molecule has 2 aromatic carbocycles. The molecule has 8 nitrogen and oxygen atoms in total. The summed E-state index contributed by atoms with van der Waals surface area (Å²) in [5, 5.41) is 7.05. The van der Waals surface area contributed by atoms with Crippen LogP contribution in [0.15, 0.2) is 58.1 Å². The molecule has 0 aromatic heterocycles.